The number of aromatic hydroxyl groups is 1. The van der Waals surface area contributed by atoms with Crippen molar-refractivity contribution < 1.29 is 15.0 Å². The highest BCUT2D eigenvalue weighted by Gasteiger charge is 2.61. The first-order chi connectivity index (χ1) is 19.3. The first-order valence-electron chi connectivity index (χ1n) is 16.6. The van der Waals surface area contributed by atoms with E-state index in [0.29, 0.717) is 35.8 Å². The molecule has 0 aromatic heterocycles. The molecule has 1 amide bonds. The number of rotatable bonds is 13. The van der Waals surface area contributed by atoms with Crippen LogP contribution in [0.1, 0.15) is 140 Å². The zero-order valence-corrected chi connectivity index (χ0v) is 25.6. The van der Waals surface area contributed by atoms with Gasteiger partial charge in [0.15, 0.2) is 0 Å². The first kappa shape index (κ1) is 31.0. The van der Waals surface area contributed by atoms with Gasteiger partial charge in [-0.05, 0) is 98.8 Å². The van der Waals surface area contributed by atoms with Crippen LogP contribution in [0.5, 0.6) is 5.75 Å². The molecule has 3 aliphatic rings. The molecule has 1 aromatic carbocycles. The summed E-state index contributed by atoms with van der Waals surface area (Å²) < 4.78 is 0. The van der Waals surface area contributed by atoms with Crippen LogP contribution in [0, 0.1) is 29.1 Å². The summed E-state index contributed by atoms with van der Waals surface area (Å²) in [4.78, 5) is 14.0. The summed E-state index contributed by atoms with van der Waals surface area (Å²) in [6.07, 6.45) is 19.6. The fourth-order valence-electron chi connectivity index (χ4n) is 8.26. The molecular weight excluding hydrogens is 494 g/mol. The molecule has 0 radical (unpaired) electrons. The van der Waals surface area contributed by atoms with Crippen LogP contribution in [0.2, 0.25) is 0 Å². The molecule has 2 saturated carbocycles. The predicted octanol–water partition coefficient (Wildman–Crippen LogP) is 8.14. The van der Waals surface area contributed by atoms with E-state index in [1.54, 1.807) is 0 Å². The van der Waals surface area contributed by atoms with Crippen molar-refractivity contribution in [2.75, 3.05) is 13.6 Å². The van der Waals surface area contributed by atoms with Crippen molar-refractivity contribution in [2.45, 2.75) is 141 Å². The molecule has 4 nitrogen and oxygen atoms in total. The molecule has 5 atom stereocenters. The van der Waals surface area contributed by atoms with E-state index in [-0.39, 0.29) is 5.41 Å². The van der Waals surface area contributed by atoms with E-state index in [9.17, 15) is 15.0 Å². The number of unbranched alkanes of at least 4 members (excludes halogenated alkanes) is 9. The predicted molar refractivity (Wildman–Crippen MR) is 164 cm³/mol. The van der Waals surface area contributed by atoms with E-state index in [1.165, 1.54) is 49.7 Å². The topological polar surface area (TPSA) is 60.8 Å². The van der Waals surface area contributed by atoms with Crippen LogP contribution in [-0.4, -0.2) is 40.2 Å². The lowest BCUT2D eigenvalue weighted by molar-refractivity contribution is -0.130. The molecule has 40 heavy (non-hydrogen) atoms. The summed E-state index contributed by atoms with van der Waals surface area (Å²) in [6, 6.07) is 5.97. The molecule has 0 unspecified atom stereocenters. The van der Waals surface area contributed by atoms with Gasteiger partial charge in [0, 0.05) is 31.8 Å². The Morgan fingerprint density at radius 2 is 1.73 bits per heavy atom. The van der Waals surface area contributed by atoms with Gasteiger partial charge in [0.25, 0.3) is 0 Å². The van der Waals surface area contributed by atoms with E-state index >= 15 is 0 Å². The minimum Gasteiger partial charge on any atom is -0.508 e. The molecule has 0 saturated heterocycles. The summed E-state index contributed by atoms with van der Waals surface area (Å²) >= 11 is 0. The van der Waals surface area contributed by atoms with Crippen molar-refractivity contribution in [3.8, 4) is 17.6 Å². The van der Waals surface area contributed by atoms with E-state index in [4.69, 9.17) is 0 Å². The zero-order chi connectivity index (χ0) is 28.6. The van der Waals surface area contributed by atoms with Gasteiger partial charge < -0.3 is 15.1 Å². The molecule has 0 spiro atoms. The first-order valence-corrected chi connectivity index (χ1v) is 16.6. The van der Waals surface area contributed by atoms with Crippen LogP contribution in [0.3, 0.4) is 0 Å². The standard InChI is InChI=1S/C36H55NO3/c1-4-5-26-37(3)34(39)16-14-12-10-8-6-7-9-11-13-15-23-36(40)25-22-33-32-19-17-28-27-29(38)18-20-30(28)31(32)21-24-35(33,36)2/h18,20,27,31-33,38,40H,4-14,16-17,19,21-22,24-26H2,1-3H3/t31-,32-,33+,35+,36+/m1/s1. The van der Waals surface area contributed by atoms with Gasteiger partial charge in [-0.15, -0.1) is 5.92 Å². The molecule has 3 aliphatic carbocycles. The largest absolute Gasteiger partial charge is 0.508 e. The number of carbonyl (C=O) groups is 1. The van der Waals surface area contributed by atoms with Crippen molar-refractivity contribution in [2.24, 2.45) is 17.3 Å². The minimum absolute atomic E-state index is 0.106. The maximum Gasteiger partial charge on any atom is 0.222 e. The summed E-state index contributed by atoms with van der Waals surface area (Å²) in [5.74, 6) is 9.23. The molecule has 0 bridgehead atoms. The fourth-order valence-corrected chi connectivity index (χ4v) is 8.26. The highest BCUT2D eigenvalue weighted by atomic mass is 16.3. The number of fused-ring (bicyclic) bond motifs is 5. The van der Waals surface area contributed by atoms with Gasteiger partial charge in [0.2, 0.25) is 5.91 Å². The smallest absolute Gasteiger partial charge is 0.222 e. The lowest BCUT2D eigenvalue weighted by Crippen LogP contribution is -2.50. The molecule has 4 heteroatoms. The van der Waals surface area contributed by atoms with E-state index in [0.717, 1.165) is 77.2 Å². The quantitative estimate of drug-likeness (QED) is 0.193. The Morgan fingerprint density at radius 1 is 1.00 bits per heavy atom. The Kier molecular flexibility index (Phi) is 11.0. The SMILES string of the molecule is CCCCN(C)C(=O)CCCCCCCCCCC#C[C@]1(O)CC[C@H]2[C@@H]3CCc4cc(O)ccc4[C@H]3CC[C@@]21C. The number of aryl methyl sites for hydroxylation is 1. The number of amides is 1. The lowest BCUT2D eigenvalue weighted by atomic mass is 9.53. The van der Waals surface area contributed by atoms with Crippen LogP contribution >= 0.6 is 0 Å². The maximum atomic E-state index is 12.1. The van der Waals surface area contributed by atoms with Gasteiger partial charge in [-0.2, -0.15) is 0 Å². The van der Waals surface area contributed by atoms with Crippen LogP contribution in [0.15, 0.2) is 18.2 Å². The third kappa shape index (κ3) is 7.07. The summed E-state index contributed by atoms with van der Waals surface area (Å²) in [5, 5.41) is 21.7. The van der Waals surface area contributed by atoms with Gasteiger partial charge in [-0.1, -0.05) is 70.8 Å². The average molecular weight is 550 g/mol. The normalized spacial score (nSPS) is 28.6. The van der Waals surface area contributed by atoms with Crippen molar-refractivity contribution in [3.63, 3.8) is 0 Å². The van der Waals surface area contributed by atoms with Crippen molar-refractivity contribution in [1.29, 1.82) is 0 Å². The molecule has 0 aliphatic heterocycles. The lowest BCUT2D eigenvalue weighted by Gasteiger charge is -2.52. The molecule has 2 fully saturated rings. The summed E-state index contributed by atoms with van der Waals surface area (Å²) in [6.45, 7) is 5.38. The minimum atomic E-state index is -0.843. The molecule has 2 N–H and O–H groups in total. The van der Waals surface area contributed by atoms with Crippen LogP contribution in [0.4, 0.5) is 0 Å². The molecule has 4 rings (SSSR count). The fraction of sp³-hybridized carbons (Fsp3) is 0.750. The van der Waals surface area contributed by atoms with E-state index in [1.807, 2.05) is 24.1 Å². The van der Waals surface area contributed by atoms with Crippen molar-refractivity contribution in [1.82, 2.24) is 4.90 Å². The Bertz CT molecular complexity index is 1040. The van der Waals surface area contributed by atoms with E-state index < -0.39 is 5.60 Å². The van der Waals surface area contributed by atoms with Gasteiger partial charge >= 0.3 is 0 Å². The molecular formula is C36H55NO3. The molecule has 222 valence electrons. The number of carbonyl (C=O) groups excluding carboxylic acids is 1. The highest BCUT2D eigenvalue weighted by molar-refractivity contribution is 5.75. The number of phenols is 1. The Morgan fingerprint density at radius 3 is 2.48 bits per heavy atom. The van der Waals surface area contributed by atoms with Crippen molar-refractivity contribution >= 4 is 5.91 Å². The van der Waals surface area contributed by atoms with Crippen molar-refractivity contribution in [3.05, 3.63) is 29.3 Å². The van der Waals surface area contributed by atoms with Crippen LogP contribution in [-0.2, 0) is 11.2 Å². The highest BCUT2D eigenvalue weighted by Crippen LogP contribution is 2.64. The Labute approximate surface area is 244 Å². The summed E-state index contributed by atoms with van der Waals surface area (Å²) in [7, 11) is 1.93. The number of phenolic OH excluding ortho intramolecular Hbond substituents is 1. The van der Waals surface area contributed by atoms with Crippen LogP contribution < -0.4 is 0 Å². The second-order valence-electron chi connectivity index (χ2n) is 13.5. The van der Waals surface area contributed by atoms with Crippen LogP contribution in [0.25, 0.3) is 0 Å². The monoisotopic (exact) mass is 549 g/mol. The molecule has 1 aromatic rings. The zero-order valence-electron chi connectivity index (χ0n) is 25.6. The second kappa shape index (κ2) is 14.3. The average Bonchev–Trinajstić information content (AvgIpc) is 3.22. The molecule has 0 heterocycles. The Hall–Kier alpha value is -1.99. The number of hydrogen-bond donors (Lipinski definition) is 2. The number of nitrogens with zero attached hydrogens (tertiary/aromatic N) is 1. The van der Waals surface area contributed by atoms with Gasteiger partial charge in [-0.3, -0.25) is 4.79 Å². The Balaban J connectivity index is 1.12. The van der Waals surface area contributed by atoms with Gasteiger partial charge in [0.05, 0.1) is 0 Å². The van der Waals surface area contributed by atoms with E-state index in [2.05, 4.69) is 31.8 Å². The number of hydrogen-bond acceptors (Lipinski definition) is 3. The third-order valence-corrected chi connectivity index (χ3v) is 10.9. The maximum absolute atomic E-state index is 12.1. The van der Waals surface area contributed by atoms with Gasteiger partial charge in [-0.25, -0.2) is 0 Å². The third-order valence-electron chi connectivity index (χ3n) is 10.9. The summed E-state index contributed by atoms with van der Waals surface area (Å²) in [5.41, 5.74) is 1.82. The number of aliphatic hydroxyl groups is 1. The number of benzene rings is 1. The van der Waals surface area contributed by atoms with Gasteiger partial charge in [0.1, 0.15) is 11.4 Å². The second-order valence-corrected chi connectivity index (χ2v) is 13.5.